The highest BCUT2D eigenvalue weighted by Crippen LogP contribution is 2.31. The van der Waals surface area contributed by atoms with Crippen LogP contribution in [0.4, 0.5) is 0 Å². The van der Waals surface area contributed by atoms with E-state index in [9.17, 15) is 9.90 Å². The Bertz CT molecular complexity index is 377. The van der Waals surface area contributed by atoms with Crippen LogP contribution in [0.2, 0.25) is 5.02 Å². The predicted octanol–water partition coefficient (Wildman–Crippen LogP) is 2.49. The third-order valence-corrected chi connectivity index (χ3v) is 2.68. The second kappa shape index (κ2) is 5.03. The van der Waals surface area contributed by atoms with Gasteiger partial charge in [-0.25, -0.2) is 0 Å². The Hall–Kier alpha value is -1.22. The van der Waals surface area contributed by atoms with Crippen LogP contribution < -0.4 is 5.73 Å². The Morgan fingerprint density at radius 2 is 2.20 bits per heavy atom. The van der Waals surface area contributed by atoms with Crippen LogP contribution in [0.25, 0.3) is 0 Å². The number of carbonyl (C=O) groups excluding carboxylic acids is 1. The molecule has 15 heavy (non-hydrogen) atoms. The molecule has 1 rings (SSSR count). The molecule has 0 radical (unpaired) electrons. The Morgan fingerprint density at radius 1 is 1.53 bits per heavy atom. The summed E-state index contributed by atoms with van der Waals surface area (Å²) in [7, 11) is 0. The topological polar surface area (TPSA) is 63.3 Å². The molecule has 0 saturated heterocycles. The number of carbonyl (C=O) groups is 1. The summed E-state index contributed by atoms with van der Waals surface area (Å²) in [6.07, 6.45) is 2.84. The first kappa shape index (κ1) is 11.9. The molecule has 1 aromatic rings. The number of aryl methyl sites for hydroxylation is 1. The number of hydrogen-bond donors (Lipinski definition) is 2. The molecule has 0 atom stereocenters. The maximum Gasteiger partial charge on any atom is 0.252 e. The molecule has 0 aliphatic rings. The molecule has 3 nitrogen and oxygen atoms in total. The molecule has 0 fully saturated rings. The molecule has 0 saturated carbocycles. The third kappa shape index (κ3) is 2.63. The number of benzene rings is 1. The molecule has 82 valence electrons. The molecule has 0 aliphatic carbocycles. The number of primary amides is 1. The first-order valence-corrected chi connectivity index (χ1v) is 5.25. The molecular formula is C11H14ClNO2. The summed E-state index contributed by atoms with van der Waals surface area (Å²) in [6.45, 7) is 2.07. The Morgan fingerprint density at radius 3 is 2.73 bits per heavy atom. The van der Waals surface area contributed by atoms with E-state index in [2.05, 4.69) is 6.92 Å². The number of phenols is 1. The van der Waals surface area contributed by atoms with E-state index in [4.69, 9.17) is 17.3 Å². The van der Waals surface area contributed by atoms with Crippen molar-refractivity contribution in [3.05, 3.63) is 28.3 Å². The summed E-state index contributed by atoms with van der Waals surface area (Å²) >= 11 is 5.92. The normalized spacial score (nSPS) is 10.3. The summed E-state index contributed by atoms with van der Waals surface area (Å²) in [6, 6.07) is 3.24. The summed E-state index contributed by atoms with van der Waals surface area (Å²) in [4.78, 5) is 10.9. The van der Waals surface area contributed by atoms with Gasteiger partial charge in [0.05, 0.1) is 10.6 Å². The van der Waals surface area contributed by atoms with E-state index < -0.39 is 5.91 Å². The van der Waals surface area contributed by atoms with Gasteiger partial charge in [-0.15, -0.1) is 0 Å². The van der Waals surface area contributed by atoms with Crippen molar-refractivity contribution in [2.75, 3.05) is 0 Å². The van der Waals surface area contributed by atoms with Gasteiger partial charge in [0, 0.05) is 0 Å². The molecule has 0 spiro atoms. The number of nitrogens with two attached hydrogens (primary N) is 1. The lowest BCUT2D eigenvalue weighted by molar-refractivity contribution is 0.0998. The molecule has 0 unspecified atom stereocenters. The van der Waals surface area contributed by atoms with Gasteiger partial charge in [-0.3, -0.25) is 4.79 Å². The van der Waals surface area contributed by atoms with E-state index in [-0.39, 0.29) is 16.3 Å². The quantitative estimate of drug-likeness (QED) is 0.830. The fourth-order valence-corrected chi connectivity index (χ4v) is 1.62. The zero-order valence-corrected chi connectivity index (χ0v) is 9.34. The average Bonchev–Trinajstić information content (AvgIpc) is 2.20. The van der Waals surface area contributed by atoms with Gasteiger partial charge in [0.2, 0.25) is 0 Å². The highest BCUT2D eigenvalue weighted by molar-refractivity contribution is 6.33. The van der Waals surface area contributed by atoms with E-state index in [1.54, 1.807) is 6.07 Å². The van der Waals surface area contributed by atoms with Crippen molar-refractivity contribution in [1.29, 1.82) is 0 Å². The van der Waals surface area contributed by atoms with Crippen LogP contribution in [0, 0.1) is 0 Å². The SMILES string of the molecule is CCCCc1ccc(C(N)=O)c(O)c1Cl. The van der Waals surface area contributed by atoms with Crippen LogP contribution in [-0.4, -0.2) is 11.0 Å². The highest BCUT2D eigenvalue weighted by Gasteiger charge is 2.13. The van der Waals surface area contributed by atoms with Crippen molar-refractivity contribution in [3.8, 4) is 5.75 Å². The standard InChI is InChI=1S/C11H14ClNO2/c1-2-3-4-7-5-6-8(11(13)15)10(14)9(7)12/h5-6,14H,2-4H2,1H3,(H2,13,15). The van der Waals surface area contributed by atoms with Gasteiger partial charge in [-0.05, 0) is 24.5 Å². The van der Waals surface area contributed by atoms with Crippen molar-refractivity contribution < 1.29 is 9.90 Å². The zero-order valence-electron chi connectivity index (χ0n) is 8.59. The fraction of sp³-hybridized carbons (Fsp3) is 0.364. The summed E-state index contributed by atoms with van der Waals surface area (Å²) in [5.41, 5.74) is 5.99. The first-order valence-electron chi connectivity index (χ1n) is 4.88. The zero-order chi connectivity index (χ0) is 11.4. The molecular weight excluding hydrogens is 214 g/mol. The van der Waals surface area contributed by atoms with Crippen molar-refractivity contribution in [2.24, 2.45) is 5.73 Å². The Balaban J connectivity index is 3.04. The lowest BCUT2D eigenvalue weighted by Crippen LogP contribution is -2.11. The fourth-order valence-electron chi connectivity index (χ4n) is 1.37. The van der Waals surface area contributed by atoms with Crippen molar-refractivity contribution in [1.82, 2.24) is 0 Å². The molecule has 4 heteroatoms. The number of unbranched alkanes of at least 4 members (excludes halogenated alkanes) is 1. The summed E-state index contributed by atoms with van der Waals surface area (Å²) in [5.74, 6) is -0.880. The molecule has 0 aromatic heterocycles. The number of aromatic hydroxyl groups is 1. The van der Waals surface area contributed by atoms with Crippen LogP contribution in [-0.2, 0) is 6.42 Å². The van der Waals surface area contributed by atoms with E-state index in [1.807, 2.05) is 0 Å². The molecule has 1 amide bonds. The maximum atomic E-state index is 10.9. The third-order valence-electron chi connectivity index (χ3n) is 2.26. The number of hydrogen-bond acceptors (Lipinski definition) is 2. The first-order chi connectivity index (χ1) is 7.07. The van der Waals surface area contributed by atoms with Gasteiger partial charge in [-0.1, -0.05) is 31.0 Å². The Kier molecular flexibility index (Phi) is 3.97. The van der Waals surface area contributed by atoms with Gasteiger partial charge in [0.1, 0.15) is 5.75 Å². The average molecular weight is 228 g/mol. The maximum absolute atomic E-state index is 10.9. The van der Waals surface area contributed by atoms with E-state index in [0.717, 1.165) is 24.8 Å². The van der Waals surface area contributed by atoms with Gasteiger partial charge >= 0.3 is 0 Å². The Labute approximate surface area is 93.9 Å². The number of rotatable bonds is 4. The lowest BCUT2D eigenvalue weighted by Gasteiger charge is -2.07. The van der Waals surface area contributed by atoms with Crippen LogP contribution in [0.3, 0.4) is 0 Å². The van der Waals surface area contributed by atoms with Crippen molar-refractivity contribution in [2.45, 2.75) is 26.2 Å². The summed E-state index contributed by atoms with van der Waals surface area (Å²) in [5, 5.41) is 9.85. The molecule has 0 aliphatic heterocycles. The van der Waals surface area contributed by atoms with E-state index in [1.165, 1.54) is 6.07 Å². The van der Waals surface area contributed by atoms with Gasteiger partial charge in [-0.2, -0.15) is 0 Å². The smallest absolute Gasteiger partial charge is 0.252 e. The van der Waals surface area contributed by atoms with Crippen LogP contribution in [0.1, 0.15) is 35.7 Å². The monoisotopic (exact) mass is 227 g/mol. The van der Waals surface area contributed by atoms with Crippen LogP contribution in [0.5, 0.6) is 5.75 Å². The molecule has 1 aromatic carbocycles. The number of amides is 1. The number of halogens is 1. The molecule has 0 heterocycles. The van der Waals surface area contributed by atoms with E-state index in [0.29, 0.717) is 0 Å². The molecule has 3 N–H and O–H groups in total. The highest BCUT2D eigenvalue weighted by atomic mass is 35.5. The second-order valence-corrected chi connectivity index (χ2v) is 3.78. The minimum atomic E-state index is -0.670. The van der Waals surface area contributed by atoms with Gasteiger partial charge in [0.25, 0.3) is 5.91 Å². The second-order valence-electron chi connectivity index (χ2n) is 3.40. The minimum absolute atomic E-state index is 0.0697. The summed E-state index contributed by atoms with van der Waals surface area (Å²) < 4.78 is 0. The molecule has 0 bridgehead atoms. The van der Waals surface area contributed by atoms with Crippen molar-refractivity contribution >= 4 is 17.5 Å². The van der Waals surface area contributed by atoms with Crippen LogP contribution in [0.15, 0.2) is 12.1 Å². The largest absolute Gasteiger partial charge is 0.506 e. The van der Waals surface area contributed by atoms with Crippen LogP contribution >= 0.6 is 11.6 Å². The minimum Gasteiger partial charge on any atom is -0.506 e. The van der Waals surface area contributed by atoms with E-state index >= 15 is 0 Å². The van der Waals surface area contributed by atoms with Gasteiger partial charge < -0.3 is 10.8 Å². The predicted molar refractivity (Wildman–Crippen MR) is 60.2 cm³/mol. The lowest BCUT2D eigenvalue weighted by atomic mass is 10.0. The van der Waals surface area contributed by atoms with Gasteiger partial charge in [0.15, 0.2) is 0 Å². The van der Waals surface area contributed by atoms with Crippen molar-refractivity contribution in [3.63, 3.8) is 0 Å².